The molecule has 0 spiro atoms. The van der Waals surface area contributed by atoms with E-state index in [4.69, 9.17) is 24.5 Å². The van der Waals surface area contributed by atoms with Gasteiger partial charge in [-0.15, -0.1) is 11.3 Å². The van der Waals surface area contributed by atoms with Gasteiger partial charge in [-0.05, 0) is 25.0 Å². The lowest BCUT2D eigenvalue weighted by molar-refractivity contribution is -0.337. The smallest absolute Gasteiger partial charge is 0.255 e. The number of rotatable bonds is 5. The zero-order valence-electron chi connectivity index (χ0n) is 21.7. The zero-order valence-corrected chi connectivity index (χ0v) is 22.5. The van der Waals surface area contributed by atoms with Crippen LogP contribution in [0.3, 0.4) is 0 Å². The third-order valence-corrected chi connectivity index (χ3v) is 8.76. The predicted octanol–water partition coefficient (Wildman–Crippen LogP) is 2.83. The summed E-state index contributed by atoms with van der Waals surface area (Å²) in [7, 11) is 0. The number of thiophene rings is 1. The molecule has 0 aliphatic carbocycles. The van der Waals surface area contributed by atoms with E-state index >= 15 is 0 Å². The summed E-state index contributed by atoms with van der Waals surface area (Å²) in [5.74, 6) is 1.73. The quantitative estimate of drug-likeness (QED) is 0.376. The average Bonchev–Trinajstić information content (AvgIpc) is 3.64. The van der Waals surface area contributed by atoms with Crippen LogP contribution >= 0.6 is 11.3 Å². The summed E-state index contributed by atoms with van der Waals surface area (Å²) in [6.07, 6.45) is 2.96. The molecule has 1 aromatic carbocycles. The van der Waals surface area contributed by atoms with Crippen molar-refractivity contribution in [2.45, 2.75) is 25.5 Å². The number of carbonyl (C=O) groups is 1. The summed E-state index contributed by atoms with van der Waals surface area (Å²) in [5.41, 5.74) is 2.90. The summed E-state index contributed by atoms with van der Waals surface area (Å²) >= 11 is 1.77. The first kappa shape index (κ1) is 24.9. The largest absolute Gasteiger partial charge is 0.378 e. The van der Waals surface area contributed by atoms with Crippen molar-refractivity contribution in [3.05, 3.63) is 35.3 Å². The van der Waals surface area contributed by atoms with Crippen LogP contribution in [0.2, 0.25) is 0 Å². The van der Waals surface area contributed by atoms with Gasteiger partial charge in [0.2, 0.25) is 0 Å². The van der Waals surface area contributed by atoms with E-state index in [1.807, 2.05) is 23.2 Å². The molecule has 11 nitrogen and oxygen atoms in total. The van der Waals surface area contributed by atoms with Gasteiger partial charge in [0, 0.05) is 61.6 Å². The van der Waals surface area contributed by atoms with Crippen molar-refractivity contribution >= 4 is 44.2 Å². The van der Waals surface area contributed by atoms with E-state index in [9.17, 15) is 4.79 Å². The van der Waals surface area contributed by atoms with E-state index < -0.39 is 6.10 Å². The Bertz CT molecular complexity index is 1470. The monoisotopic (exact) mass is 549 g/mol. The Morgan fingerprint density at radius 3 is 2.77 bits per heavy atom. The van der Waals surface area contributed by atoms with Crippen LogP contribution in [0, 0.1) is 0 Å². The number of nitrogens with zero attached hydrogens (tertiary/aromatic N) is 6. The highest BCUT2D eigenvalue weighted by molar-refractivity contribution is 7.19. The van der Waals surface area contributed by atoms with E-state index in [1.54, 1.807) is 11.3 Å². The van der Waals surface area contributed by atoms with Crippen LogP contribution in [-0.4, -0.2) is 101 Å². The van der Waals surface area contributed by atoms with Crippen LogP contribution in [-0.2, 0) is 25.9 Å². The third kappa shape index (κ3) is 4.98. The molecule has 0 radical (unpaired) electrons. The van der Waals surface area contributed by atoms with Crippen molar-refractivity contribution in [1.29, 1.82) is 0 Å². The molecule has 39 heavy (non-hydrogen) atoms. The fourth-order valence-electron chi connectivity index (χ4n) is 5.54. The molecule has 3 aliphatic heterocycles. The van der Waals surface area contributed by atoms with Gasteiger partial charge >= 0.3 is 0 Å². The second kappa shape index (κ2) is 10.8. The average molecular weight is 550 g/mol. The third-order valence-electron chi connectivity index (χ3n) is 7.66. The van der Waals surface area contributed by atoms with Gasteiger partial charge in [0.1, 0.15) is 0 Å². The molecule has 0 bridgehead atoms. The number of piperazine rings is 1. The van der Waals surface area contributed by atoms with Gasteiger partial charge in [-0.1, -0.05) is 12.1 Å². The Morgan fingerprint density at radius 1 is 1.08 bits per heavy atom. The van der Waals surface area contributed by atoms with Crippen molar-refractivity contribution in [1.82, 2.24) is 30.0 Å². The summed E-state index contributed by atoms with van der Waals surface area (Å²) in [4.78, 5) is 41.1. The SMILES string of the molecule is O=C([C@@H]1CCCOO1)N1CCN(Cc2cc3nc(-c4cccc5[nH]ncc45)nc(N4CCOCC4)c3s2)CC1. The molecule has 1 amide bonds. The highest BCUT2D eigenvalue weighted by Crippen LogP contribution is 2.36. The maximum Gasteiger partial charge on any atom is 0.255 e. The van der Waals surface area contributed by atoms with Crippen LogP contribution in [0.5, 0.6) is 0 Å². The normalized spacial score (nSPS) is 21.2. The van der Waals surface area contributed by atoms with E-state index in [1.165, 1.54) is 4.88 Å². The van der Waals surface area contributed by atoms with Crippen molar-refractivity contribution in [3.8, 4) is 11.4 Å². The minimum atomic E-state index is -0.466. The molecule has 1 N–H and O–H groups in total. The Hall–Kier alpha value is -3.16. The van der Waals surface area contributed by atoms with Gasteiger partial charge in [-0.25, -0.2) is 19.7 Å². The number of carbonyl (C=O) groups excluding carboxylic acids is 1. The fraction of sp³-hybridized carbons (Fsp3) is 0.481. The van der Waals surface area contributed by atoms with Gasteiger partial charge in [0.25, 0.3) is 5.91 Å². The van der Waals surface area contributed by atoms with Crippen LogP contribution in [0.15, 0.2) is 30.5 Å². The Balaban J connectivity index is 1.14. The first-order chi connectivity index (χ1) is 19.2. The van der Waals surface area contributed by atoms with Crippen molar-refractivity contribution in [2.75, 3.05) is 64.0 Å². The first-order valence-corrected chi connectivity index (χ1v) is 14.4. The van der Waals surface area contributed by atoms with E-state index in [2.05, 4.69) is 32.1 Å². The summed E-state index contributed by atoms with van der Waals surface area (Å²) in [6, 6.07) is 8.28. The molecule has 4 aromatic rings. The number of hydrogen-bond donors (Lipinski definition) is 1. The van der Waals surface area contributed by atoms with Crippen LogP contribution in [0.4, 0.5) is 5.82 Å². The molecular weight excluding hydrogens is 518 g/mol. The molecule has 1 atom stereocenters. The minimum Gasteiger partial charge on any atom is -0.378 e. The number of benzene rings is 1. The number of morpholine rings is 1. The van der Waals surface area contributed by atoms with Gasteiger partial charge in [0.15, 0.2) is 17.7 Å². The van der Waals surface area contributed by atoms with E-state index in [0.717, 1.165) is 78.1 Å². The fourth-order valence-corrected chi connectivity index (χ4v) is 6.69. The number of ether oxygens (including phenoxy) is 1. The number of fused-ring (bicyclic) bond motifs is 2. The number of H-pyrrole nitrogens is 1. The van der Waals surface area contributed by atoms with Crippen LogP contribution in [0.1, 0.15) is 17.7 Å². The zero-order chi connectivity index (χ0) is 26.2. The molecule has 3 aliphatic rings. The molecule has 12 heteroatoms. The summed E-state index contributed by atoms with van der Waals surface area (Å²) < 4.78 is 6.73. The molecule has 3 aromatic heterocycles. The number of hydrogen-bond acceptors (Lipinski definition) is 10. The van der Waals surface area contributed by atoms with Gasteiger partial charge < -0.3 is 14.5 Å². The topological polar surface area (TPSA) is 109 Å². The molecule has 3 saturated heterocycles. The molecule has 0 saturated carbocycles. The second-order valence-corrected chi connectivity index (χ2v) is 11.3. The van der Waals surface area contributed by atoms with Gasteiger partial charge in [-0.2, -0.15) is 5.10 Å². The molecule has 3 fully saturated rings. The number of amides is 1. The number of nitrogens with one attached hydrogen (secondary N) is 1. The van der Waals surface area contributed by atoms with Crippen molar-refractivity contribution < 1.29 is 19.3 Å². The molecule has 204 valence electrons. The highest BCUT2D eigenvalue weighted by atomic mass is 32.1. The summed E-state index contributed by atoms with van der Waals surface area (Å²) in [6.45, 7) is 7.41. The van der Waals surface area contributed by atoms with E-state index in [-0.39, 0.29) is 5.91 Å². The maximum absolute atomic E-state index is 12.8. The summed E-state index contributed by atoms with van der Waals surface area (Å²) in [5, 5.41) is 8.29. The van der Waals surface area contributed by atoms with Crippen molar-refractivity contribution in [2.24, 2.45) is 0 Å². The van der Waals surface area contributed by atoms with E-state index in [0.29, 0.717) is 38.7 Å². The Labute approximate surface area is 229 Å². The lowest BCUT2D eigenvalue weighted by Crippen LogP contribution is -2.51. The highest BCUT2D eigenvalue weighted by Gasteiger charge is 2.31. The van der Waals surface area contributed by atoms with Crippen LogP contribution in [0.25, 0.3) is 32.5 Å². The lowest BCUT2D eigenvalue weighted by Gasteiger charge is -2.36. The van der Waals surface area contributed by atoms with Crippen molar-refractivity contribution in [3.63, 3.8) is 0 Å². The lowest BCUT2D eigenvalue weighted by atomic mass is 10.1. The number of aromatic nitrogens is 4. The molecular formula is C27H31N7O4S. The molecule has 0 unspecified atom stereocenters. The Morgan fingerprint density at radius 2 is 1.95 bits per heavy atom. The number of anilines is 1. The number of aromatic amines is 1. The van der Waals surface area contributed by atoms with Gasteiger partial charge in [0.05, 0.1) is 41.8 Å². The first-order valence-electron chi connectivity index (χ1n) is 13.6. The minimum absolute atomic E-state index is 0.0433. The van der Waals surface area contributed by atoms with Crippen LogP contribution < -0.4 is 4.90 Å². The van der Waals surface area contributed by atoms with Gasteiger partial charge in [-0.3, -0.25) is 14.8 Å². The standard InChI is InChI=1S/C27H31N7O4S/c35-27(23-5-2-12-37-38-23)34-8-6-32(7-9-34)17-18-15-22-24(39-18)26(33-10-13-36-14-11-33)30-25(29-22)19-3-1-4-21-20(19)16-28-31-21/h1,3-4,15-16,23H,2,5-14,17H2,(H,28,31)/t23-/m0/s1. The second-order valence-electron chi connectivity index (χ2n) is 10.2. The maximum atomic E-state index is 12.8. The molecule has 7 rings (SSSR count). The molecule has 6 heterocycles. The Kier molecular flexibility index (Phi) is 6.87. The predicted molar refractivity (Wildman–Crippen MR) is 147 cm³/mol.